The van der Waals surface area contributed by atoms with Crippen LogP contribution in [0.4, 0.5) is 5.69 Å². The van der Waals surface area contributed by atoms with Crippen LogP contribution in [0.2, 0.25) is 5.02 Å². The lowest BCUT2D eigenvalue weighted by Crippen LogP contribution is -2.06. The highest BCUT2D eigenvalue weighted by molar-refractivity contribution is 6.30. The Hall–Kier alpha value is -2.65. The largest absolute Gasteiger partial charge is 0.278 e. The highest BCUT2D eigenvalue weighted by Gasteiger charge is 2.06. The summed E-state index contributed by atoms with van der Waals surface area (Å²) in [5, 5.41) is 5.23. The third-order valence-corrected chi connectivity index (χ3v) is 3.36. The maximum absolute atomic E-state index is 6.00. The van der Waals surface area contributed by atoms with E-state index in [-0.39, 0.29) is 0 Å². The smallest absolute Gasteiger partial charge is 0.0979 e. The number of rotatable bonds is 4. The van der Waals surface area contributed by atoms with Crippen LogP contribution >= 0.6 is 11.6 Å². The van der Waals surface area contributed by atoms with Crippen molar-refractivity contribution in [3.63, 3.8) is 0 Å². The Bertz CT molecular complexity index is 729. The lowest BCUT2D eigenvalue weighted by atomic mass is 10.0. The van der Waals surface area contributed by atoms with Gasteiger partial charge in [0.2, 0.25) is 0 Å². The summed E-state index contributed by atoms with van der Waals surface area (Å²) in [5.41, 5.74) is 6.79. The van der Waals surface area contributed by atoms with Gasteiger partial charge in [-0.3, -0.25) is 10.4 Å². The molecule has 22 heavy (non-hydrogen) atoms. The van der Waals surface area contributed by atoms with Crippen LogP contribution in [0.15, 0.2) is 84.2 Å². The van der Waals surface area contributed by atoms with E-state index in [1.165, 1.54) is 0 Å². The van der Waals surface area contributed by atoms with Gasteiger partial charge in [-0.1, -0.05) is 48.0 Å². The van der Waals surface area contributed by atoms with Crippen LogP contribution < -0.4 is 5.43 Å². The van der Waals surface area contributed by atoms with Gasteiger partial charge in [-0.05, 0) is 30.3 Å². The third-order valence-electron chi connectivity index (χ3n) is 3.12. The number of hydrazone groups is 1. The fourth-order valence-corrected chi connectivity index (χ4v) is 2.27. The van der Waals surface area contributed by atoms with Crippen LogP contribution in [0.1, 0.15) is 11.1 Å². The summed E-state index contributed by atoms with van der Waals surface area (Å²) in [7, 11) is 0. The normalized spacial score (nSPS) is 11.2. The first-order valence-electron chi connectivity index (χ1n) is 6.88. The molecular weight excluding hydrogens is 294 g/mol. The molecule has 0 aliphatic heterocycles. The SMILES string of the molecule is Clc1cccc(N/N=C(/c2ccccc2)c2ccncc2)c1. The van der Waals surface area contributed by atoms with Gasteiger partial charge in [0, 0.05) is 28.5 Å². The van der Waals surface area contributed by atoms with Gasteiger partial charge in [-0.2, -0.15) is 5.10 Å². The molecule has 0 amide bonds. The van der Waals surface area contributed by atoms with Gasteiger partial charge in [-0.15, -0.1) is 0 Å². The number of benzene rings is 2. The molecule has 0 aliphatic carbocycles. The van der Waals surface area contributed by atoms with Crippen molar-refractivity contribution in [2.24, 2.45) is 5.10 Å². The predicted octanol–water partition coefficient (Wildman–Crippen LogP) is 4.60. The molecule has 0 saturated carbocycles. The molecule has 0 aliphatic rings. The number of hydrogen-bond donors (Lipinski definition) is 1. The molecule has 1 heterocycles. The molecule has 1 aromatic heterocycles. The van der Waals surface area contributed by atoms with Gasteiger partial charge >= 0.3 is 0 Å². The zero-order valence-electron chi connectivity index (χ0n) is 11.8. The standard InChI is InChI=1S/C18H14ClN3/c19-16-7-4-8-17(13-16)21-22-18(14-5-2-1-3-6-14)15-9-11-20-12-10-15/h1-13,21H/b22-18-. The summed E-state index contributed by atoms with van der Waals surface area (Å²) in [6, 6.07) is 21.4. The van der Waals surface area contributed by atoms with E-state index in [0.29, 0.717) is 5.02 Å². The van der Waals surface area contributed by atoms with Crippen molar-refractivity contribution in [2.45, 2.75) is 0 Å². The predicted molar refractivity (Wildman–Crippen MR) is 91.4 cm³/mol. The molecule has 3 rings (SSSR count). The number of pyridine rings is 1. The topological polar surface area (TPSA) is 37.3 Å². The first kappa shape index (κ1) is 14.3. The number of nitrogens with zero attached hydrogens (tertiary/aromatic N) is 2. The molecule has 0 fully saturated rings. The molecule has 1 N–H and O–H groups in total. The molecule has 3 nitrogen and oxygen atoms in total. The van der Waals surface area contributed by atoms with Gasteiger partial charge in [0.25, 0.3) is 0 Å². The summed E-state index contributed by atoms with van der Waals surface area (Å²) >= 11 is 6.00. The molecule has 0 unspecified atom stereocenters. The van der Waals surface area contributed by atoms with Crippen LogP contribution in [0, 0.1) is 0 Å². The zero-order chi connectivity index (χ0) is 15.2. The summed E-state index contributed by atoms with van der Waals surface area (Å²) in [5.74, 6) is 0. The zero-order valence-corrected chi connectivity index (χ0v) is 12.5. The highest BCUT2D eigenvalue weighted by Crippen LogP contribution is 2.16. The van der Waals surface area contributed by atoms with Crippen molar-refractivity contribution in [1.82, 2.24) is 4.98 Å². The minimum absolute atomic E-state index is 0.672. The quantitative estimate of drug-likeness (QED) is 0.565. The molecule has 2 aromatic carbocycles. The maximum Gasteiger partial charge on any atom is 0.0979 e. The minimum atomic E-state index is 0.672. The van der Waals surface area contributed by atoms with Gasteiger partial charge < -0.3 is 0 Å². The number of aromatic nitrogens is 1. The van der Waals surface area contributed by atoms with E-state index in [0.717, 1.165) is 22.5 Å². The summed E-state index contributed by atoms with van der Waals surface area (Å²) < 4.78 is 0. The number of halogens is 1. The molecule has 108 valence electrons. The molecule has 4 heteroatoms. The molecule has 3 aromatic rings. The van der Waals surface area contributed by atoms with Gasteiger partial charge in [0.05, 0.1) is 11.4 Å². The maximum atomic E-state index is 6.00. The van der Waals surface area contributed by atoms with Crippen LogP contribution in [-0.2, 0) is 0 Å². The van der Waals surface area contributed by atoms with E-state index < -0.39 is 0 Å². The average molecular weight is 308 g/mol. The Labute approximate surface area is 134 Å². The van der Waals surface area contributed by atoms with Crippen molar-refractivity contribution < 1.29 is 0 Å². The highest BCUT2D eigenvalue weighted by atomic mass is 35.5. The van der Waals surface area contributed by atoms with Gasteiger partial charge in [0.1, 0.15) is 0 Å². The van der Waals surface area contributed by atoms with E-state index in [9.17, 15) is 0 Å². The second kappa shape index (κ2) is 6.87. The molecule has 0 saturated heterocycles. The average Bonchev–Trinajstić information content (AvgIpc) is 2.57. The summed E-state index contributed by atoms with van der Waals surface area (Å²) in [6.45, 7) is 0. The Morgan fingerprint density at radius 2 is 1.59 bits per heavy atom. The number of nitrogens with one attached hydrogen (secondary N) is 1. The van der Waals surface area contributed by atoms with Crippen LogP contribution in [0.5, 0.6) is 0 Å². The molecule has 0 spiro atoms. The fraction of sp³-hybridized carbons (Fsp3) is 0. The van der Waals surface area contributed by atoms with Crippen LogP contribution in [-0.4, -0.2) is 10.7 Å². The minimum Gasteiger partial charge on any atom is -0.278 e. The first-order valence-corrected chi connectivity index (χ1v) is 7.26. The Kier molecular flexibility index (Phi) is 4.47. The first-order chi connectivity index (χ1) is 10.8. The summed E-state index contributed by atoms with van der Waals surface area (Å²) in [6.07, 6.45) is 3.51. The van der Waals surface area contributed by atoms with Crippen LogP contribution in [0.3, 0.4) is 0 Å². The van der Waals surface area contributed by atoms with E-state index >= 15 is 0 Å². The lowest BCUT2D eigenvalue weighted by molar-refractivity contribution is 1.29. The second-order valence-electron chi connectivity index (χ2n) is 4.68. The molecular formula is C18H14ClN3. The van der Waals surface area contributed by atoms with Crippen molar-refractivity contribution >= 4 is 23.0 Å². The Morgan fingerprint density at radius 1 is 0.864 bits per heavy atom. The number of anilines is 1. The third kappa shape index (κ3) is 3.51. The van der Waals surface area contributed by atoms with Crippen molar-refractivity contribution in [2.75, 3.05) is 5.43 Å². The van der Waals surface area contributed by atoms with Crippen molar-refractivity contribution in [3.05, 3.63) is 95.3 Å². The lowest BCUT2D eigenvalue weighted by Gasteiger charge is -2.08. The van der Waals surface area contributed by atoms with E-state index in [1.807, 2.05) is 66.7 Å². The number of hydrogen-bond acceptors (Lipinski definition) is 3. The van der Waals surface area contributed by atoms with E-state index in [4.69, 9.17) is 11.6 Å². The molecule has 0 atom stereocenters. The monoisotopic (exact) mass is 307 g/mol. The van der Waals surface area contributed by atoms with Gasteiger partial charge in [-0.25, -0.2) is 0 Å². The Morgan fingerprint density at radius 3 is 2.32 bits per heavy atom. The van der Waals surface area contributed by atoms with E-state index in [2.05, 4.69) is 15.5 Å². The van der Waals surface area contributed by atoms with Gasteiger partial charge in [0.15, 0.2) is 0 Å². The van der Waals surface area contributed by atoms with Crippen LogP contribution in [0.25, 0.3) is 0 Å². The Balaban J connectivity index is 1.97. The molecule has 0 bridgehead atoms. The molecule has 0 radical (unpaired) electrons. The fourth-order valence-electron chi connectivity index (χ4n) is 2.08. The van der Waals surface area contributed by atoms with Crippen molar-refractivity contribution in [1.29, 1.82) is 0 Å². The second-order valence-corrected chi connectivity index (χ2v) is 5.12. The van der Waals surface area contributed by atoms with E-state index in [1.54, 1.807) is 12.4 Å². The van der Waals surface area contributed by atoms with Crippen molar-refractivity contribution in [3.8, 4) is 0 Å². The summed E-state index contributed by atoms with van der Waals surface area (Å²) in [4.78, 5) is 4.06.